The van der Waals surface area contributed by atoms with Crippen LogP contribution in [-0.4, -0.2) is 52.2 Å². The van der Waals surface area contributed by atoms with Crippen molar-refractivity contribution in [2.75, 3.05) is 19.8 Å². The van der Waals surface area contributed by atoms with Crippen LogP contribution in [0.5, 0.6) is 0 Å². The number of carbonyl (C=O) groups excluding carboxylic acids is 1. The first kappa shape index (κ1) is 21.4. The van der Waals surface area contributed by atoms with Gasteiger partial charge in [0.2, 0.25) is 5.91 Å². The molecule has 2 aliphatic rings. The van der Waals surface area contributed by atoms with Gasteiger partial charge in [0.1, 0.15) is 23.6 Å². The highest BCUT2D eigenvalue weighted by molar-refractivity contribution is 6.01. The van der Waals surface area contributed by atoms with Gasteiger partial charge in [0.25, 0.3) is 0 Å². The highest BCUT2D eigenvalue weighted by Gasteiger charge is 2.43. The lowest BCUT2D eigenvalue weighted by Crippen LogP contribution is -2.47. The largest absolute Gasteiger partial charge is 0.392 e. The van der Waals surface area contributed by atoms with Crippen LogP contribution < -0.4 is 5.32 Å². The minimum atomic E-state index is -0.552. The highest BCUT2D eigenvalue weighted by atomic mass is 19.1. The number of benzene rings is 1. The molecule has 0 saturated carbocycles. The van der Waals surface area contributed by atoms with Crippen molar-refractivity contribution in [2.24, 2.45) is 10.6 Å². The van der Waals surface area contributed by atoms with Crippen LogP contribution >= 0.6 is 0 Å². The highest BCUT2D eigenvalue weighted by Crippen LogP contribution is 2.38. The Balaban J connectivity index is 1.36. The van der Waals surface area contributed by atoms with Gasteiger partial charge in [0.05, 0.1) is 17.7 Å². The molecule has 0 radical (unpaired) electrons. The molecular formula is C22H28FN5O3. The summed E-state index contributed by atoms with van der Waals surface area (Å²) in [6, 6.07) is 6.23. The van der Waals surface area contributed by atoms with Gasteiger partial charge in [-0.25, -0.2) is 14.1 Å². The number of halogens is 1. The molecule has 31 heavy (non-hydrogen) atoms. The van der Waals surface area contributed by atoms with Crippen LogP contribution in [0.1, 0.15) is 42.9 Å². The number of hydrogen-bond acceptors (Lipinski definition) is 6. The molecule has 166 valence electrons. The van der Waals surface area contributed by atoms with Crippen LogP contribution in [0.2, 0.25) is 0 Å². The Morgan fingerprint density at radius 2 is 2.00 bits per heavy atom. The zero-order chi connectivity index (χ0) is 21.8. The van der Waals surface area contributed by atoms with Crippen LogP contribution in [0, 0.1) is 25.1 Å². The Morgan fingerprint density at radius 3 is 2.68 bits per heavy atom. The quantitative estimate of drug-likeness (QED) is 0.730. The first-order valence-corrected chi connectivity index (χ1v) is 10.7. The van der Waals surface area contributed by atoms with E-state index in [0.717, 1.165) is 22.9 Å². The van der Waals surface area contributed by atoms with Gasteiger partial charge in [-0.05, 0) is 44.4 Å². The molecule has 0 spiro atoms. The molecule has 3 heterocycles. The molecule has 4 rings (SSSR count). The fourth-order valence-corrected chi connectivity index (χ4v) is 4.31. The normalized spacial score (nSPS) is 20.2. The van der Waals surface area contributed by atoms with E-state index in [4.69, 9.17) is 9.57 Å². The average Bonchev–Trinajstić information content (AvgIpc) is 3.35. The molecule has 9 heteroatoms. The van der Waals surface area contributed by atoms with Crippen molar-refractivity contribution < 1.29 is 18.8 Å². The van der Waals surface area contributed by atoms with Crippen molar-refractivity contribution in [3.63, 3.8) is 0 Å². The standard InChI is InChI=1S/C22H28FN5O3/c1-15-25-16(2)28(26-15)10-9-24-21(29)22(7-11-30-12-8-22)14-19-13-20(27-31-19)17-3-5-18(23)6-4-17/h3-6,19H,7-14H2,1-2H3,(H,24,29). The van der Waals surface area contributed by atoms with Crippen molar-refractivity contribution in [3.05, 3.63) is 47.3 Å². The average molecular weight is 429 g/mol. The van der Waals surface area contributed by atoms with Crippen molar-refractivity contribution in [2.45, 2.75) is 52.2 Å². The van der Waals surface area contributed by atoms with Crippen molar-refractivity contribution in [1.82, 2.24) is 20.1 Å². The molecule has 2 aromatic rings. The number of aromatic nitrogens is 3. The van der Waals surface area contributed by atoms with E-state index in [0.29, 0.717) is 52.0 Å². The zero-order valence-electron chi connectivity index (χ0n) is 17.9. The van der Waals surface area contributed by atoms with E-state index in [1.54, 1.807) is 16.8 Å². The van der Waals surface area contributed by atoms with Crippen molar-refractivity contribution >= 4 is 11.6 Å². The van der Waals surface area contributed by atoms with Crippen molar-refractivity contribution in [1.29, 1.82) is 0 Å². The lowest BCUT2D eigenvalue weighted by Gasteiger charge is -2.37. The lowest BCUT2D eigenvalue weighted by atomic mass is 9.74. The topological polar surface area (TPSA) is 90.6 Å². The number of oxime groups is 1. The molecule has 2 aliphatic heterocycles. The molecule has 1 unspecified atom stereocenters. The molecule has 1 aromatic heterocycles. The molecule has 1 atom stereocenters. The Kier molecular flexibility index (Phi) is 6.31. The van der Waals surface area contributed by atoms with Crippen LogP contribution in [0.4, 0.5) is 4.39 Å². The first-order valence-electron chi connectivity index (χ1n) is 10.7. The van der Waals surface area contributed by atoms with E-state index < -0.39 is 5.41 Å². The van der Waals surface area contributed by atoms with Crippen LogP contribution in [0.15, 0.2) is 29.4 Å². The molecule has 1 N–H and O–H groups in total. The second-order valence-corrected chi connectivity index (χ2v) is 8.26. The molecule has 1 fully saturated rings. The van der Waals surface area contributed by atoms with E-state index in [2.05, 4.69) is 20.6 Å². The predicted octanol–water partition coefficient (Wildman–Crippen LogP) is 2.53. The molecule has 1 aromatic carbocycles. The van der Waals surface area contributed by atoms with Crippen LogP contribution in [0.3, 0.4) is 0 Å². The maximum absolute atomic E-state index is 13.2. The second-order valence-electron chi connectivity index (χ2n) is 8.26. The smallest absolute Gasteiger partial charge is 0.226 e. The fourth-order valence-electron chi connectivity index (χ4n) is 4.31. The summed E-state index contributed by atoms with van der Waals surface area (Å²) < 4.78 is 20.5. The Labute approximate surface area is 180 Å². The number of ether oxygens (including phenoxy) is 1. The van der Waals surface area contributed by atoms with Gasteiger partial charge in [0.15, 0.2) is 0 Å². The summed E-state index contributed by atoms with van der Waals surface area (Å²) in [5.41, 5.74) is 1.07. The second kappa shape index (κ2) is 9.13. The predicted molar refractivity (Wildman–Crippen MR) is 112 cm³/mol. The Hall–Kier alpha value is -2.81. The third kappa shape index (κ3) is 4.92. The maximum atomic E-state index is 13.2. The Morgan fingerprint density at radius 1 is 1.26 bits per heavy atom. The lowest BCUT2D eigenvalue weighted by molar-refractivity contribution is -0.140. The van der Waals surface area contributed by atoms with Gasteiger partial charge >= 0.3 is 0 Å². The number of amides is 1. The van der Waals surface area contributed by atoms with E-state index >= 15 is 0 Å². The number of hydrogen-bond donors (Lipinski definition) is 1. The summed E-state index contributed by atoms with van der Waals surface area (Å²) in [5.74, 6) is 1.29. The van der Waals surface area contributed by atoms with E-state index in [1.807, 2.05) is 13.8 Å². The third-order valence-electron chi connectivity index (χ3n) is 6.03. The number of carbonyl (C=O) groups is 1. The summed E-state index contributed by atoms with van der Waals surface area (Å²) >= 11 is 0. The third-order valence-corrected chi connectivity index (χ3v) is 6.03. The molecule has 0 aliphatic carbocycles. The molecular weight excluding hydrogens is 401 g/mol. The SMILES string of the molecule is Cc1nc(C)n(CCNC(=O)C2(CC3CC(c4ccc(F)cc4)=NO3)CCOCC2)n1. The van der Waals surface area contributed by atoms with Gasteiger partial charge in [-0.2, -0.15) is 5.10 Å². The van der Waals surface area contributed by atoms with Crippen LogP contribution in [0.25, 0.3) is 0 Å². The minimum Gasteiger partial charge on any atom is -0.392 e. The number of nitrogens with one attached hydrogen (secondary N) is 1. The fraction of sp³-hybridized carbons (Fsp3) is 0.545. The van der Waals surface area contributed by atoms with Gasteiger partial charge in [-0.3, -0.25) is 4.79 Å². The number of nitrogens with zero attached hydrogens (tertiary/aromatic N) is 4. The van der Waals surface area contributed by atoms with E-state index in [-0.39, 0.29) is 17.8 Å². The maximum Gasteiger partial charge on any atom is 0.226 e. The summed E-state index contributed by atoms with van der Waals surface area (Å²) in [6.07, 6.45) is 2.26. The van der Waals surface area contributed by atoms with Gasteiger partial charge in [-0.1, -0.05) is 17.3 Å². The molecule has 8 nitrogen and oxygen atoms in total. The van der Waals surface area contributed by atoms with Gasteiger partial charge in [-0.15, -0.1) is 0 Å². The monoisotopic (exact) mass is 429 g/mol. The van der Waals surface area contributed by atoms with E-state index in [9.17, 15) is 9.18 Å². The van der Waals surface area contributed by atoms with Crippen molar-refractivity contribution in [3.8, 4) is 0 Å². The summed E-state index contributed by atoms with van der Waals surface area (Å²) in [4.78, 5) is 23.2. The van der Waals surface area contributed by atoms with Gasteiger partial charge < -0.3 is 14.9 Å². The summed E-state index contributed by atoms with van der Waals surface area (Å²) in [7, 11) is 0. The molecule has 0 bridgehead atoms. The first-order chi connectivity index (χ1) is 14.9. The number of aryl methyl sites for hydroxylation is 2. The van der Waals surface area contributed by atoms with Crippen LogP contribution in [-0.2, 0) is 20.9 Å². The Bertz CT molecular complexity index is 951. The molecule has 1 amide bonds. The summed E-state index contributed by atoms with van der Waals surface area (Å²) in [6.45, 7) is 5.90. The minimum absolute atomic E-state index is 0.0177. The summed E-state index contributed by atoms with van der Waals surface area (Å²) in [5, 5.41) is 11.6. The molecule has 1 saturated heterocycles. The zero-order valence-corrected chi connectivity index (χ0v) is 17.9. The van der Waals surface area contributed by atoms with E-state index in [1.165, 1.54) is 12.1 Å². The number of rotatable bonds is 7. The van der Waals surface area contributed by atoms with Gasteiger partial charge in [0, 0.05) is 32.6 Å².